The lowest BCUT2D eigenvalue weighted by atomic mass is 9.81. The maximum absolute atomic E-state index is 12.5. The molecule has 9 heteroatoms. The van der Waals surface area contributed by atoms with Gasteiger partial charge in [0.05, 0.1) is 11.2 Å². The molecule has 0 saturated carbocycles. The highest BCUT2D eigenvalue weighted by Crippen LogP contribution is 2.36. The first-order chi connectivity index (χ1) is 15.2. The van der Waals surface area contributed by atoms with Crippen LogP contribution in [0.3, 0.4) is 0 Å². The van der Waals surface area contributed by atoms with Crippen molar-refractivity contribution in [1.82, 2.24) is 14.9 Å². The summed E-state index contributed by atoms with van der Waals surface area (Å²) in [6.07, 6.45) is 5.40. The molecule has 0 bridgehead atoms. The van der Waals surface area contributed by atoms with Gasteiger partial charge in [-0.05, 0) is 81.1 Å². The minimum absolute atomic E-state index is 0.226. The number of nitrogens with zero attached hydrogens (tertiary/aromatic N) is 4. The Hall–Kier alpha value is -1.87. The van der Waals surface area contributed by atoms with E-state index in [0.717, 1.165) is 31.4 Å². The van der Waals surface area contributed by atoms with E-state index in [1.54, 1.807) is 12.4 Å². The average Bonchev–Trinajstić information content (AvgIpc) is 2.92. The highest BCUT2D eigenvalue weighted by Gasteiger charge is 2.52. The van der Waals surface area contributed by atoms with E-state index in [2.05, 4.69) is 28.7 Å². The molecule has 0 aromatic carbocycles. The molecule has 0 N–H and O–H groups in total. The Bertz CT molecular complexity index is 807. The van der Waals surface area contributed by atoms with Gasteiger partial charge in [0.15, 0.2) is 0 Å². The van der Waals surface area contributed by atoms with E-state index in [-0.39, 0.29) is 12.1 Å². The first kappa shape index (κ1) is 25.8. The zero-order valence-corrected chi connectivity index (χ0v) is 21.8. The molecule has 2 aliphatic heterocycles. The number of aromatic nitrogens is 2. The quantitative estimate of drug-likeness (QED) is 0.621. The number of piperidine rings is 1. The van der Waals surface area contributed by atoms with Crippen molar-refractivity contribution < 1.29 is 18.8 Å². The maximum Gasteiger partial charge on any atom is 0.498 e. The van der Waals surface area contributed by atoms with Gasteiger partial charge in [-0.3, -0.25) is 0 Å². The van der Waals surface area contributed by atoms with Crippen molar-refractivity contribution >= 4 is 24.6 Å². The molecule has 33 heavy (non-hydrogen) atoms. The van der Waals surface area contributed by atoms with Crippen molar-refractivity contribution in [2.75, 3.05) is 24.5 Å². The van der Waals surface area contributed by atoms with Crippen LogP contribution in [-0.2, 0) is 14.0 Å². The summed E-state index contributed by atoms with van der Waals surface area (Å²) in [6.45, 7) is 20.3. The van der Waals surface area contributed by atoms with Crippen molar-refractivity contribution in [3.8, 4) is 0 Å². The second-order valence-corrected chi connectivity index (χ2v) is 11.6. The number of carbonyl (C=O) groups is 1. The van der Waals surface area contributed by atoms with Crippen LogP contribution in [0.5, 0.6) is 0 Å². The molecular formula is C24H41BN4O4. The second kappa shape index (κ2) is 9.41. The largest absolute Gasteiger partial charge is 0.498 e. The number of hydrogen-bond donors (Lipinski definition) is 0. The van der Waals surface area contributed by atoms with Crippen LogP contribution in [-0.4, -0.2) is 70.6 Å². The Morgan fingerprint density at radius 1 is 1.21 bits per heavy atom. The van der Waals surface area contributed by atoms with E-state index in [0.29, 0.717) is 18.4 Å². The third-order valence-electron chi connectivity index (χ3n) is 6.69. The van der Waals surface area contributed by atoms with Gasteiger partial charge in [-0.25, -0.2) is 14.8 Å². The maximum atomic E-state index is 12.5. The molecule has 0 spiro atoms. The molecule has 1 amide bonds. The number of carbonyl (C=O) groups excluding carboxylic acids is 1. The molecule has 184 valence electrons. The third-order valence-corrected chi connectivity index (χ3v) is 6.69. The molecule has 2 fully saturated rings. The zero-order chi connectivity index (χ0) is 24.6. The molecule has 2 aliphatic rings. The summed E-state index contributed by atoms with van der Waals surface area (Å²) >= 11 is 0. The van der Waals surface area contributed by atoms with E-state index < -0.39 is 23.9 Å². The van der Waals surface area contributed by atoms with Gasteiger partial charge < -0.3 is 23.8 Å². The summed E-state index contributed by atoms with van der Waals surface area (Å²) in [5.74, 6) is 1.01. The predicted octanol–water partition coefficient (Wildman–Crippen LogP) is 3.64. The van der Waals surface area contributed by atoms with Gasteiger partial charge in [0.25, 0.3) is 0 Å². The fourth-order valence-corrected chi connectivity index (χ4v) is 4.09. The van der Waals surface area contributed by atoms with Gasteiger partial charge in [-0.1, -0.05) is 0 Å². The fraction of sp³-hybridized carbons (Fsp3) is 0.792. The zero-order valence-electron chi connectivity index (χ0n) is 21.8. The van der Waals surface area contributed by atoms with Crippen LogP contribution >= 0.6 is 0 Å². The van der Waals surface area contributed by atoms with Gasteiger partial charge in [-0.2, -0.15) is 0 Å². The Morgan fingerprint density at radius 3 is 2.30 bits per heavy atom. The van der Waals surface area contributed by atoms with Crippen LogP contribution in [0.25, 0.3) is 0 Å². The van der Waals surface area contributed by atoms with Gasteiger partial charge in [0.2, 0.25) is 5.95 Å². The number of ether oxygens (including phenoxy) is 1. The minimum Gasteiger partial charge on any atom is -0.444 e. The highest BCUT2D eigenvalue weighted by molar-refractivity contribution is 6.61. The monoisotopic (exact) mass is 460 g/mol. The summed E-state index contributed by atoms with van der Waals surface area (Å²) in [7, 11) is -0.475. The molecule has 3 heterocycles. The number of rotatable bonds is 5. The molecule has 0 unspecified atom stereocenters. The van der Waals surface area contributed by atoms with Crippen molar-refractivity contribution in [3.63, 3.8) is 0 Å². The SMILES string of the molecule is CC(C)N(C[C@H]1CCCN(C(=O)OC(C)(C)C)C1)c1ncc(B2OC(C)(C)C(C)(C)O2)cn1. The fourth-order valence-electron chi connectivity index (χ4n) is 4.09. The van der Waals surface area contributed by atoms with Crippen LogP contribution in [0.4, 0.5) is 10.7 Å². The van der Waals surface area contributed by atoms with Crippen molar-refractivity contribution in [1.29, 1.82) is 0 Å². The molecule has 0 aliphatic carbocycles. The molecular weight excluding hydrogens is 419 g/mol. The van der Waals surface area contributed by atoms with Crippen LogP contribution in [0.1, 0.15) is 75.2 Å². The van der Waals surface area contributed by atoms with Gasteiger partial charge in [0, 0.05) is 43.5 Å². The number of anilines is 1. The Morgan fingerprint density at radius 2 is 1.79 bits per heavy atom. The molecule has 0 radical (unpaired) electrons. The number of amides is 1. The second-order valence-electron chi connectivity index (χ2n) is 11.6. The van der Waals surface area contributed by atoms with Crippen molar-refractivity contribution in [2.45, 2.75) is 98.0 Å². The summed E-state index contributed by atoms with van der Waals surface area (Å²) in [6, 6.07) is 0.226. The topological polar surface area (TPSA) is 77.0 Å². The first-order valence-electron chi connectivity index (χ1n) is 12.1. The Kier molecular flexibility index (Phi) is 7.34. The minimum atomic E-state index is -0.485. The lowest BCUT2D eigenvalue weighted by molar-refractivity contribution is 0.00578. The molecule has 8 nitrogen and oxygen atoms in total. The number of hydrogen-bond acceptors (Lipinski definition) is 7. The highest BCUT2D eigenvalue weighted by atomic mass is 16.7. The molecule has 2 saturated heterocycles. The van der Waals surface area contributed by atoms with Crippen LogP contribution in [0, 0.1) is 5.92 Å². The van der Waals surface area contributed by atoms with E-state index in [1.807, 2.05) is 53.4 Å². The number of likely N-dealkylation sites (tertiary alicyclic amines) is 1. The summed E-state index contributed by atoms with van der Waals surface area (Å²) in [5.41, 5.74) is -0.474. The smallest absolute Gasteiger partial charge is 0.444 e. The Balaban J connectivity index is 1.66. The lowest BCUT2D eigenvalue weighted by Gasteiger charge is -2.37. The van der Waals surface area contributed by atoms with Crippen LogP contribution in [0.15, 0.2) is 12.4 Å². The van der Waals surface area contributed by atoms with E-state index in [9.17, 15) is 4.79 Å². The van der Waals surface area contributed by atoms with E-state index in [1.165, 1.54) is 0 Å². The summed E-state index contributed by atoms with van der Waals surface area (Å²) < 4.78 is 17.8. The van der Waals surface area contributed by atoms with Crippen molar-refractivity contribution in [3.05, 3.63) is 12.4 Å². The van der Waals surface area contributed by atoms with E-state index in [4.69, 9.17) is 14.0 Å². The van der Waals surface area contributed by atoms with E-state index >= 15 is 0 Å². The van der Waals surface area contributed by atoms with Crippen LogP contribution in [0.2, 0.25) is 0 Å². The molecule has 1 aromatic rings. The van der Waals surface area contributed by atoms with Crippen LogP contribution < -0.4 is 10.4 Å². The summed E-state index contributed by atoms with van der Waals surface area (Å²) in [4.78, 5) is 25.9. The molecule has 3 rings (SSSR count). The first-order valence-corrected chi connectivity index (χ1v) is 12.1. The van der Waals surface area contributed by atoms with Crippen molar-refractivity contribution in [2.24, 2.45) is 5.92 Å². The normalized spacial score (nSPS) is 22.5. The molecule has 1 aromatic heterocycles. The average molecular weight is 460 g/mol. The van der Waals surface area contributed by atoms with Gasteiger partial charge >= 0.3 is 13.2 Å². The van der Waals surface area contributed by atoms with Gasteiger partial charge in [0.1, 0.15) is 5.60 Å². The predicted molar refractivity (Wildman–Crippen MR) is 131 cm³/mol. The molecule has 1 atom stereocenters. The van der Waals surface area contributed by atoms with Gasteiger partial charge in [-0.15, -0.1) is 0 Å². The third kappa shape index (κ3) is 6.18. The lowest BCUT2D eigenvalue weighted by Crippen LogP contribution is -2.47. The summed E-state index contributed by atoms with van der Waals surface area (Å²) in [5, 5.41) is 0. The Labute approximate surface area is 199 Å². The standard InChI is InChI=1S/C24H41BN4O4/c1-17(2)29(16-18-11-10-12-28(15-18)21(30)31-22(3,4)5)20-26-13-19(14-27-20)25-32-23(6,7)24(8,9)33-25/h13-14,17-18H,10-12,15-16H2,1-9H3/t18-/m0/s1.